The molecule has 100 valence electrons. The van der Waals surface area contributed by atoms with Crippen molar-refractivity contribution in [2.45, 2.75) is 32.9 Å². The summed E-state index contributed by atoms with van der Waals surface area (Å²) < 4.78 is 12.9. The van der Waals surface area contributed by atoms with Crippen molar-refractivity contribution < 1.29 is 4.39 Å². The Morgan fingerprint density at radius 3 is 2.21 bits per heavy atom. The fourth-order valence-corrected chi connectivity index (χ4v) is 2.14. The van der Waals surface area contributed by atoms with Gasteiger partial charge in [-0.05, 0) is 36.6 Å². The first-order valence-electron chi connectivity index (χ1n) is 6.73. The van der Waals surface area contributed by atoms with Crippen molar-refractivity contribution in [3.05, 3.63) is 71.0 Å². The molecule has 0 aliphatic rings. The second-order valence-corrected chi connectivity index (χ2v) is 4.88. The van der Waals surface area contributed by atoms with Crippen LogP contribution in [0.15, 0.2) is 48.5 Å². The van der Waals surface area contributed by atoms with E-state index in [0.29, 0.717) is 0 Å². The minimum atomic E-state index is -0.183. The largest absolute Gasteiger partial charge is 0.306 e. The van der Waals surface area contributed by atoms with E-state index >= 15 is 0 Å². The maximum atomic E-state index is 12.9. The molecule has 1 atom stereocenters. The van der Waals surface area contributed by atoms with Crippen molar-refractivity contribution in [3.63, 3.8) is 0 Å². The van der Waals surface area contributed by atoms with E-state index in [-0.39, 0.29) is 11.9 Å². The summed E-state index contributed by atoms with van der Waals surface area (Å²) in [5.74, 6) is -0.183. The molecule has 0 saturated carbocycles. The van der Waals surface area contributed by atoms with Gasteiger partial charge in [0.25, 0.3) is 0 Å². The molecule has 2 rings (SSSR count). The lowest BCUT2D eigenvalue weighted by atomic mass is 10.0. The van der Waals surface area contributed by atoms with Crippen LogP contribution < -0.4 is 5.32 Å². The van der Waals surface area contributed by atoms with Gasteiger partial charge in [0.2, 0.25) is 0 Å². The number of benzene rings is 2. The van der Waals surface area contributed by atoms with Gasteiger partial charge in [0, 0.05) is 12.6 Å². The smallest absolute Gasteiger partial charge is 0.123 e. The summed E-state index contributed by atoms with van der Waals surface area (Å²) >= 11 is 0. The molecule has 0 heterocycles. The predicted octanol–water partition coefficient (Wildman–Crippen LogP) is 4.38. The van der Waals surface area contributed by atoms with E-state index in [9.17, 15) is 4.39 Å². The van der Waals surface area contributed by atoms with Gasteiger partial charge in [-0.1, -0.05) is 48.9 Å². The number of hydrogen-bond donors (Lipinski definition) is 1. The third kappa shape index (κ3) is 3.90. The highest BCUT2D eigenvalue weighted by Gasteiger charge is 2.08. The van der Waals surface area contributed by atoms with Crippen LogP contribution in [0, 0.1) is 12.7 Å². The molecule has 2 aromatic rings. The zero-order valence-electron chi connectivity index (χ0n) is 11.5. The molecule has 0 fully saturated rings. The topological polar surface area (TPSA) is 12.0 Å². The molecule has 0 aliphatic heterocycles. The van der Waals surface area contributed by atoms with Crippen LogP contribution in [0.4, 0.5) is 4.39 Å². The highest BCUT2D eigenvalue weighted by atomic mass is 19.1. The predicted molar refractivity (Wildman–Crippen MR) is 77.5 cm³/mol. The van der Waals surface area contributed by atoms with Gasteiger partial charge in [0.05, 0.1) is 0 Å². The normalized spacial score (nSPS) is 12.4. The minimum absolute atomic E-state index is 0.183. The third-order valence-electron chi connectivity index (χ3n) is 3.35. The SMILES string of the molecule is CCC(NCc1ccc(C)cc1)c1ccc(F)cc1. The number of nitrogens with one attached hydrogen (secondary N) is 1. The Balaban J connectivity index is 1.99. The summed E-state index contributed by atoms with van der Waals surface area (Å²) in [7, 11) is 0. The van der Waals surface area contributed by atoms with E-state index in [0.717, 1.165) is 18.5 Å². The average molecular weight is 257 g/mol. The number of rotatable bonds is 5. The highest BCUT2D eigenvalue weighted by Crippen LogP contribution is 2.17. The Morgan fingerprint density at radius 1 is 1.00 bits per heavy atom. The molecule has 0 radical (unpaired) electrons. The summed E-state index contributed by atoms with van der Waals surface area (Å²) in [5, 5.41) is 3.52. The summed E-state index contributed by atoms with van der Waals surface area (Å²) in [5.41, 5.74) is 3.68. The second-order valence-electron chi connectivity index (χ2n) is 4.88. The van der Waals surface area contributed by atoms with Crippen molar-refractivity contribution >= 4 is 0 Å². The molecule has 2 aromatic carbocycles. The van der Waals surface area contributed by atoms with Crippen molar-refractivity contribution in [3.8, 4) is 0 Å². The minimum Gasteiger partial charge on any atom is -0.306 e. The fraction of sp³-hybridized carbons (Fsp3) is 0.294. The fourth-order valence-electron chi connectivity index (χ4n) is 2.14. The van der Waals surface area contributed by atoms with Gasteiger partial charge < -0.3 is 5.32 Å². The lowest BCUT2D eigenvalue weighted by Crippen LogP contribution is -2.20. The van der Waals surface area contributed by atoms with Crippen molar-refractivity contribution in [1.29, 1.82) is 0 Å². The van der Waals surface area contributed by atoms with Gasteiger partial charge in [0.1, 0.15) is 5.82 Å². The zero-order valence-corrected chi connectivity index (χ0v) is 11.5. The molecule has 2 heteroatoms. The van der Waals surface area contributed by atoms with Crippen molar-refractivity contribution in [1.82, 2.24) is 5.32 Å². The highest BCUT2D eigenvalue weighted by molar-refractivity contribution is 5.23. The van der Waals surface area contributed by atoms with Gasteiger partial charge in [-0.25, -0.2) is 4.39 Å². The first kappa shape index (κ1) is 13.8. The van der Waals surface area contributed by atoms with Gasteiger partial charge in [-0.2, -0.15) is 0 Å². The maximum Gasteiger partial charge on any atom is 0.123 e. The molecule has 0 bridgehead atoms. The molecule has 0 saturated heterocycles. The molecule has 0 amide bonds. The van der Waals surface area contributed by atoms with Crippen molar-refractivity contribution in [2.75, 3.05) is 0 Å². The summed E-state index contributed by atoms with van der Waals surface area (Å²) in [6, 6.07) is 15.5. The van der Waals surface area contributed by atoms with E-state index in [2.05, 4.69) is 43.4 Å². The molecular formula is C17H20FN. The van der Waals surface area contributed by atoms with Gasteiger partial charge in [-0.3, -0.25) is 0 Å². The zero-order chi connectivity index (χ0) is 13.7. The maximum absolute atomic E-state index is 12.9. The second kappa shape index (κ2) is 6.48. The molecule has 0 spiro atoms. The van der Waals surface area contributed by atoms with Gasteiger partial charge >= 0.3 is 0 Å². The van der Waals surface area contributed by atoms with Crippen LogP contribution >= 0.6 is 0 Å². The molecule has 19 heavy (non-hydrogen) atoms. The van der Waals surface area contributed by atoms with E-state index < -0.39 is 0 Å². The first-order chi connectivity index (χ1) is 9.19. The van der Waals surface area contributed by atoms with Gasteiger partial charge in [0.15, 0.2) is 0 Å². The lowest BCUT2D eigenvalue weighted by molar-refractivity contribution is 0.517. The Hall–Kier alpha value is -1.67. The quantitative estimate of drug-likeness (QED) is 0.838. The summed E-state index contributed by atoms with van der Waals surface area (Å²) in [6.07, 6.45) is 0.984. The Labute approximate surface area is 114 Å². The standard InChI is InChI=1S/C17H20FN/c1-3-17(15-8-10-16(18)11-9-15)19-12-14-6-4-13(2)5-7-14/h4-11,17,19H,3,12H2,1-2H3. The molecule has 1 unspecified atom stereocenters. The van der Waals surface area contributed by atoms with E-state index in [4.69, 9.17) is 0 Å². The van der Waals surface area contributed by atoms with Crippen molar-refractivity contribution in [2.24, 2.45) is 0 Å². The van der Waals surface area contributed by atoms with Gasteiger partial charge in [-0.15, -0.1) is 0 Å². The van der Waals surface area contributed by atoms with E-state index in [1.807, 2.05) is 12.1 Å². The Kier molecular flexibility index (Phi) is 4.69. The lowest BCUT2D eigenvalue weighted by Gasteiger charge is -2.17. The number of hydrogen-bond acceptors (Lipinski definition) is 1. The van der Waals surface area contributed by atoms with E-state index in [1.54, 1.807) is 0 Å². The molecule has 1 N–H and O–H groups in total. The molecule has 0 aromatic heterocycles. The van der Waals surface area contributed by atoms with Crippen LogP contribution in [0.25, 0.3) is 0 Å². The van der Waals surface area contributed by atoms with Crippen LogP contribution in [-0.2, 0) is 6.54 Å². The summed E-state index contributed by atoms with van der Waals surface area (Å²) in [6.45, 7) is 5.05. The van der Waals surface area contributed by atoms with E-state index in [1.165, 1.54) is 23.3 Å². The molecule has 0 aliphatic carbocycles. The molecular weight excluding hydrogens is 237 g/mol. The Bertz CT molecular complexity index is 502. The number of halogens is 1. The molecule has 1 nitrogen and oxygen atoms in total. The first-order valence-corrected chi connectivity index (χ1v) is 6.73. The monoisotopic (exact) mass is 257 g/mol. The van der Waals surface area contributed by atoms with Crippen LogP contribution in [0.5, 0.6) is 0 Å². The van der Waals surface area contributed by atoms with Crippen LogP contribution in [-0.4, -0.2) is 0 Å². The average Bonchev–Trinajstić information content (AvgIpc) is 2.43. The van der Waals surface area contributed by atoms with Crippen LogP contribution in [0.3, 0.4) is 0 Å². The summed E-state index contributed by atoms with van der Waals surface area (Å²) in [4.78, 5) is 0. The van der Waals surface area contributed by atoms with Crippen LogP contribution in [0.1, 0.15) is 36.1 Å². The third-order valence-corrected chi connectivity index (χ3v) is 3.35. The number of aryl methyl sites for hydroxylation is 1. The Morgan fingerprint density at radius 2 is 1.63 bits per heavy atom. The van der Waals surface area contributed by atoms with Crippen LogP contribution in [0.2, 0.25) is 0 Å².